The predicted molar refractivity (Wildman–Crippen MR) is 37.1 cm³/mol. The second-order valence-electron chi connectivity index (χ2n) is 3.18. The molecule has 0 nitrogen and oxygen atoms in total. The lowest BCUT2D eigenvalue weighted by molar-refractivity contribution is 0.207. The number of hydrogen-bond donors (Lipinski definition) is 0. The summed E-state index contributed by atoms with van der Waals surface area (Å²) in [5, 5.41) is 0. The van der Waals surface area contributed by atoms with E-state index in [2.05, 4.69) is 6.92 Å². The average Bonchev–Trinajstić information content (AvgIpc) is 1.89. The summed E-state index contributed by atoms with van der Waals surface area (Å²) < 4.78 is 12.1. The van der Waals surface area contributed by atoms with Crippen LogP contribution in [-0.2, 0) is 0 Å². The summed E-state index contributed by atoms with van der Waals surface area (Å²) >= 11 is 0. The van der Waals surface area contributed by atoms with E-state index in [1.54, 1.807) is 0 Å². The topological polar surface area (TPSA) is 0 Å². The van der Waals surface area contributed by atoms with E-state index in [9.17, 15) is 4.39 Å². The third kappa shape index (κ3) is 1.67. The molecule has 0 aromatic carbocycles. The Kier molecular flexibility index (Phi) is 2.49. The van der Waals surface area contributed by atoms with Gasteiger partial charge in [0.05, 0.1) is 6.67 Å². The zero-order valence-electron chi connectivity index (χ0n) is 6.07. The van der Waals surface area contributed by atoms with Gasteiger partial charge in [0.2, 0.25) is 0 Å². The molecule has 0 heterocycles. The molecule has 0 N–H and O–H groups in total. The molecule has 54 valence electrons. The van der Waals surface area contributed by atoms with Crippen LogP contribution >= 0.6 is 0 Å². The third-order valence-corrected chi connectivity index (χ3v) is 2.49. The van der Waals surface area contributed by atoms with Gasteiger partial charge in [0, 0.05) is 0 Å². The van der Waals surface area contributed by atoms with E-state index in [4.69, 9.17) is 0 Å². The van der Waals surface area contributed by atoms with E-state index in [0.29, 0.717) is 11.8 Å². The molecule has 0 aliphatic heterocycles. The highest BCUT2D eigenvalue weighted by Gasteiger charge is 2.20. The molecule has 0 bridgehead atoms. The standard InChI is InChI=1S/C8H15F/c1-7-4-2-3-5-8(7)6-9/h7-8H,2-6H2,1H3. The van der Waals surface area contributed by atoms with Gasteiger partial charge in [-0.25, -0.2) is 0 Å². The summed E-state index contributed by atoms with van der Waals surface area (Å²) in [5.41, 5.74) is 0. The summed E-state index contributed by atoms with van der Waals surface area (Å²) in [6, 6.07) is 0. The van der Waals surface area contributed by atoms with Gasteiger partial charge >= 0.3 is 0 Å². The molecule has 1 aliphatic carbocycles. The molecule has 1 heteroatoms. The Bertz CT molecular complexity index is 80.6. The second kappa shape index (κ2) is 3.19. The van der Waals surface area contributed by atoms with Crippen LogP contribution in [0.2, 0.25) is 0 Å². The summed E-state index contributed by atoms with van der Waals surface area (Å²) in [6.45, 7) is 2.07. The molecule has 0 aromatic heterocycles. The minimum Gasteiger partial charge on any atom is -0.251 e. The highest BCUT2D eigenvalue weighted by atomic mass is 19.1. The van der Waals surface area contributed by atoms with Gasteiger partial charge in [0.15, 0.2) is 0 Å². The zero-order valence-corrected chi connectivity index (χ0v) is 6.07. The zero-order chi connectivity index (χ0) is 6.69. The molecule has 0 aromatic rings. The van der Waals surface area contributed by atoms with Crippen LogP contribution < -0.4 is 0 Å². The number of halogens is 1. The first-order valence-corrected chi connectivity index (χ1v) is 3.90. The minimum atomic E-state index is -0.0961. The highest BCUT2D eigenvalue weighted by molar-refractivity contribution is 4.70. The van der Waals surface area contributed by atoms with Crippen molar-refractivity contribution in [3.8, 4) is 0 Å². The largest absolute Gasteiger partial charge is 0.251 e. The Labute approximate surface area is 56.5 Å². The first-order chi connectivity index (χ1) is 4.34. The van der Waals surface area contributed by atoms with Crippen LogP contribution in [0.5, 0.6) is 0 Å². The molecule has 2 unspecified atom stereocenters. The van der Waals surface area contributed by atoms with Crippen molar-refractivity contribution in [3.63, 3.8) is 0 Å². The van der Waals surface area contributed by atoms with Gasteiger partial charge in [0.1, 0.15) is 0 Å². The molecule has 1 rings (SSSR count). The molecule has 0 radical (unpaired) electrons. The molecular formula is C8H15F. The first kappa shape index (κ1) is 7.04. The Hall–Kier alpha value is -0.0700. The number of rotatable bonds is 1. The molecule has 9 heavy (non-hydrogen) atoms. The Morgan fingerprint density at radius 3 is 2.44 bits per heavy atom. The molecule has 0 saturated heterocycles. The van der Waals surface area contributed by atoms with Crippen molar-refractivity contribution in [3.05, 3.63) is 0 Å². The third-order valence-electron chi connectivity index (χ3n) is 2.49. The van der Waals surface area contributed by atoms with Gasteiger partial charge in [-0.2, -0.15) is 0 Å². The van der Waals surface area contributed by atoms with Gasteiger partial charge < -0.3 is 0 Å². The van der Waals surface area contributed by atoms with Crippen LogP contribution in [0.15, 0.2) is 0 Å². The molecule has 0 amide bonds. The van der Waals surface area contributed by atoms with Crippen molar-refractivity contribution in [1.82, 2.24) is 0 Å². The summed E-state index contributed by atoms with van der Waals surface area (Å²) in [5.74, 6) is 1.03. The maximum atomic E-state index is 12.1. The minimum absolute atomic E-state index is 0.0961. The quantitative estimate of drug-likeness (QED) is 0.512. The first-order valence-electron chi connectivity index (χ1n) is 3.90. The predicted octanol–water partition coefficient (Wildman–Crippen LogP) is 2.78. The van der Waals surface area contributed by atoms with E-state index in [-0.39, 0.29) is 6.67 Å². The van der Waals surface area contributed by atoms with E-state index in [0.717, 1.165) is 6.42 Å². The van der Waals surface area contributed by atoms with Crippen LogP contribution in [0.4, 0.5) is 4.39 Å². The van der Waals surface area contributed by atoms with Crippen molar-refractivity contribution in [2.75, 3.05) is 6.67 Å². The maximum absolute atomic E-state index is 12.1. The van der Waals surface area contributed by atoms with Crippen LogP contribution in [-0.4, -0.2) is 6.67 Å². The summed E-state index contributed by atoms with van der Waals surface area (Å²) in [6.07, 6.45) is 4.93. The maximum Gasteiger partial charge on any atom is 0.0925 e. The smallest absolute Gasteiger partial charge is 0.0925 e. The Morgan fingerprint density at radius 1 is 1.33 bits per heavy atom. The molecular weight excluding hydrogens is 115 g/mol. The molecule has 0 spiro atoms. The van der Waals surface area contributed by atoms with Gasteiger partial charge in [-0.1, -0.05) is 26.2 Å². The normalized spacial score (nSPS) is 36.7. The molecule has 1 saturated carbocycles. The molecule has 2 atom stereocenters. The lowest BCUT2D eigenvalue weighted by atomic mass is 9.81. The summed E-state index contributed by atoms with van der Waals surface area (Å²) in [4.78, 5) is 0. The fourth-order valence-electron chi connectivity index (χ4n) is 1.62. The van der Waals surface area contributed by atoms with E-state index >= 15 is 0 Å². The van der Waals surface area contributed by atoms with E-state index in [1.807, 2.05) is 0 Å². The van der Waals surface area contributed by atoms with Crippen molar-refractivity contribution < 1.29 is 4.39 Å². The van der Waals surface area contributed by atoms with E-state index in [1.165, 1.54) is 19.3 Å². The number of hydrogen-bond acceptors (Lipinski definition) is 0. The Balaban J connectivity index is 2.30. The van der Waals surface area contributed by atoms with Crippen LogP contribution in [0.3, 0.4) is 0 Å². The fraction of sp³-hybridized carbons (Fsp3) is 1.00. The number of alkyl halides is 1. The van der Waals surface area contributed by atoms with Gasteiger partial charge in [-0.3, -0.25) is 4.39 Å². The van der Waals surface area contributed by atoms with Gasteiger partial charge in [-0.15, -0.1) is 0 Å². The SMILES string of the molecule is CC1CCCCC1CF. The van der Waals surface area contributed by atoms with Crippen molar-refractivity contribution in [2.24, 2.45) is 11.8 Å². The lowest BCUT2D eigenvalue weighted by Gasteiger charge is -2.25. The van der Waals surface area contributed by atoms with Crippen molar-refractivity contribution in [1.29, 1.82) is 0 Å². The fourth-order valence-corrected chi connectivity index (χ4v) is 1.62. The highest BCUT2D eigenvalue weighted by Crippen LogP contribution is 2.29. The average molecular weight is 130 g/mol. The second-order valence-corrected chi connectivity index (χ2v) is 3.18. The van der Waals surface area contributed by atoms with Gasteiger partial charge in [0.25, 0.3) is 0 Å². The van der Waals surface area contributed by atoms with Gasteiger partial charge in [-0.05, 0) is 18.3 Å². The summed E-state index contributed by atoms with van der Waals surface area (Å²) in [7, 11) is 0. The van der Waals surface area contributed by atoms with Crippen LogP contribution in [0.25, 0.3) is 0 Å². The Morgan fingerprint density at radius 2 is 2.00 bits per heavy atom. The van der Waals surface area contributed by atoms with Crippen LogP contribution in [0.1, 0.15) is 32.6 Å². The van der Waals surface area contributed by atoms with Crippen molar-refractivity contribution in [2.45, 2.75) is 32.6 Å². The van der Waals surface area contributed by atoms with E-state index < -0.39 is 0 Å². The molecule has 1 aliphatic rings. The van der Waals surface area contributed by atoms with Crippen molar-refractivity contribution >= 4 is 0 Å². The molecule has 1 fully saturated rings. The monoisotopic (exact) mass is 130 g/mol. The van der Waals surface area contributed by atoms with Crippen LogP contribution in [0, 0.1) is 11.8 Å². The lowest BCUT2D eigenvalue weighted by Crippen LogP contribution is -2.17.